The highest BCUT2D eigenvalue weighted by atomic mass is 19.1. The number of nitrogens with one attached hydrogen (secondary N) is 2. The summed E-state index contributed by atoms with van der Waals surface area (Å²) in [6.07, 6.45) is 5.37. The number of hydrogen-bond donors (Lipinski definition) is 4. The van der Waals surface area contributed by atoms with Crippen molar-refractivity contribution in [2.75, 3.05) is 0 Å². The van der Waals surface area contributed by atoms with E-state index in [1.165, 1.54) is 10.6 Å². The summed E-state index contributed by atoms with van der Waals surface area (Å²) < 4.78 is 16.4. The van der Waals surface area contributed by atoms with Crippen molar-refractivity contribution < 1.29 is 14.0 Å². The lowest BCUT2D eigenvalue weighted by atomic mass is 9.99. The van der Waals surface area contributed by atoms with Crippen molar-refractivity contribution in [2.24, 2.45) is 11.7 Å². The minimum atomic E-state index is -0.524. The molecule has 168 valence electrons. The summed E-state index contributed by atoms with van der Waals surface area (Å²) in [5, 5.41) is 0.615. The summed E-state index contributed by atoms with van der Waals surface area (Å²) in [6, 6.07) is 12.1. The van der Waals surface area contributed by atoms with Gasteiger partial charge >= 0.3 is 0 Å². The fourth-order valence-corrected chi connectivity index (χ4v) is 4.26. The molecule has 1 fully saturated rings. The topological polar surface area (TPSA) is 128 Å². The molecular formula is C24H22FN5O3. The molecule has 0 saturated heterocycles. The van der Waals surface area contributed by atoms with Crippen LogP contribution >= 0.6 is 0 Å². The van der Waals surface area contributed by atoms with Gasteiger partial charge in [-0.05, 0) is 59.5 Å². The molecule has 1 amide bonds. The van der Waals surface area contributed by atoms with Crippen LogP contribution in [0.5, 0.6) is 0 Å². The van der Waals surface area contributed by atoms with E-state index in [9.17, 15) is 14.0 Å². The molecule has 0 bridgehead atoms. The van der Waals surface area contributed by atoms with Crippen LogP contribution in [0, 0.1) is 5.82 Å². The highest BCUT2D eigenvalue weighted by Gasteiger charge is 2.25. The Bertz CT molecular complexity index is 1440. The number of nitrogen functional groups attached to an aromatic ring is 1. The van der Waals surface area contributed by atoms with Gasteiger partial charge in [-0.25, -0.2) is 16.1 Å². The van der Waals surface area contributed by atoms with Gasteiger partial charge in [0.25, 0.3) is 11.5 Å². The van der Waals surface area contributed by atoms with Crippen LogP contribution in [0.2, 0.25) is 0 Å². The molecule has 0 unspecified atom stereocenters. The number of benzene rings is 2. The summed E-state index contributed by atoms with van der Waals surface area (Å²) in [7, 11) is 0. The van der Waals surface area contributed by atoms with Crippen LogP contribution in [-0.4, -0.2) is 15.5 Å². The van der Waals surface area contributed by atoms with E-state index in [2.05, 4.69) is 10.4 Å². The van der Waals surface area contributed by atoms with Gasteiger partial charge < -0.3 is 4.98 Å². The van der Waals surface area contributed by atoms with Crippen LogP contribution in [0.25, 0.3) is 27.6 Å². The first-order valence-electron chi connectivity index (χ1n) is 10.5. The zero-order valence-electron chi connectivity index (χ0n) is 17.6. The molecule has 1 aliphatic rings. The zero-order valence-corrected chi connectivity index (χ0v) is 17.6. The Labute approximate surface area is 187 Å². The molecule has 2 aromatic carbocycles. The number of fused-ring (bicyclic) bond motifs is 1. The molecule has 2 aromatic heterocycles. The number of aromatic amines is 1. The first-order valence-corrected chi connectivity index (χ1v) is 10.5. The first kappa shape index (κ1) is 21.1. The SMILES string of the molecule is NNC(=O)c1cc(-c2cccc(-n3ccc4cc(C5CC5)cc(F)c4c3=O)c2CON)c[nH]1. The van der Waals surface area contributed by atoms with Crippen LogP contribution in [-0.2, 0) is 11.4 Å². The summed E-state index contributed by atoms with van der Waals surface area (Å²) in [5.41, 5.74) is 5.28. The van der Waals surface area contributed by atoms with Crippen molar-refractivity contribution in [2.45, 2.75) is 25.4 Å². The molecule has 8 nitrogen and oxygen atoms in total. The molecule has 33 heavy (non-hydrogen) atoms. The molecule has 0 atom stereocenters. The van der Waals surface area contributed by atoms with Crippen molar-refractivity contribution >= 4 is 16.7 Å². The van der Waals surface area contributed by atoms with E-state index in [4.69, 9.17) is 16.6 Å². The smallest absolute Gasteiger partial charge is 0.281 e. The molecule has 4 aromatic rings. The van der Waals surface area contributed by atoms with Gasteiger partial charge in [-0.3, -0.25) is 24.4 Å². The Balaban J connectivity index is 1.67. The summed E-state index contributed by atoms with van der Waals surface area (Å²) in [6.45, 7) is -0.0112. The molecule has 1 aliphatic carbocycles. The van der Waals surface area contributed by atoms with Crippen LogP contribution in [0.3, 0.4) is 0 Å². The number of nitrogens with zero attached hydrogens (tertiary/aromatic N) is 1. The fourth-order valence-electron chi connectivity index (χ4n) is 4.26. The van der Waals surface area contributed by atoms with Crippen LogP contribution in [0.1, 0.15) is 40.4 Å². The van der Waals surface area contributed by atoms with E-state index in [1.54, 1.807) is 36.7 Å². The molecular weight excluding hydrogens is 425 g/mol. The highest BCUT2D eigenvalue weighted by Crippen LogP contribution is 2.41. The van der Waals surface area contributed by atoms with E-state index in [0.717, 1.165) is 18.4 Å². The van der Waals surface area contributed by atoms with Gasteiger partial charge in [-0.1, -0.05) is 18.2 Å². The number of hydrogen-bond acceptors (Lipinski definition) is 5. The second-order valence-corrected chi connectivity index (χ2v) is 8.12. The number of carbonyl (C=O) groups is 1. The Morgan fingerprint density at radius 3 is 2.79 bits per heavy atom. The third-order valence-electron chi connectivity index (χ3n) is 6.04. The van der Waals surface area contributed by atoms with Crippen LogP contribution in [0.15, 0.2) is 59.7 Å². The van der Waals surface area contributed by atoms with Gasteiger partial charge in [0.15, 0.2) is 0 Å². The van der Waals surface area contributed by atoms with Crippen LogP contribution < -0.4 is 22.7 Å². The summed E-state index contributed by atoms with van der Waals surface area (Å²) in [4.78, 5) is 33.0. The zero-order chi connectivity index (χ0) is 23.1. The lowest BCUT2D eigenvalue weighted by molar-refractivity contribution is 0.0949. The number of pyridine rings is 1. The number of rotatable bonds is 6. The van der Waals surface area contributed by atoms with Gasteiger partial charge in [0, 0.05) is 23.5 Å². The largest absolute Gasteiger partial charge is 0.357 e. The minimum Gasteiger partial charge on any atom is -0.357 e. The third-order valence-corrected chi connectivity index (χ3v) is 6.04. The second-order valence-electron chi connectivity index (χ2n) is 8.12. The van der Waals surface area contributed by atoms with E-state index in [-0.39, 0.29) is 17.7 Å². The maximum atomic E-state index is 15.0. The first-order chi connectivity index (χ1) is 16.0. The molecule has 1 saturated carbocycles. The number of hydrazine groups is 1. The van der Waals surface area contributed by atoms with E-state index >= 15 is 0 Å². The predicted molar refractivity (Wildman–Crippen MR) is 122 cm³/mol. The predicted octanol–water partition coefficient (Wildman–Crippen LogP) is 3.00. The Kier molecular flexibility index (Phi) is 5.29. The second kappa shape index (κ2) is 8.28. The number of nitrogens with two attached hydrogens (primary N) is 2. The maximum Gasteiger partial charge on any atom is 0.281 e. The Morgan fingerprint density at radius 2 is 2.06 bits per heavy atom. The van der Waals surface area contributed by atoms with Gasteiger partial charge in [0.2, 0.25) is 0 Å². The lowest BCUT2D eigenvalue weighted by Gasteiger charge is -2.16. The fraction of sp³-hybridized carbons (Fsp3) is 0.167. The molecule has 0 spiro atoms. The number of aromatic nitrogens is 2. The van der Waals surface area contributed by atoms with Crippen molar-refractivity contribution in [3.63, 3.8) is 0 Å². The number of halogens is 1. The van der Waals surface area contributed by atoms with Crippen molar-refractivity contribution in [1.29, 1.82) is 0 Å². The van der Waals surface area contributed by atoms with Crippen molar-refractivity contribution in [3.05, 3.63) is 87.9 Å². The van der Waals surface area contributed by atoms with Gasteiger partial charge in [0.1, 0.15) is 11.5 Å². The minimum absolute atomic E-state index is 0.0112. The Morgan fingerprint density at radius 1 is 1.24 bits per heavy atom. The number of H-pyrrole nitrogens is 1. The Hall–Kier alpha value is -3.79. The van der Waals surface area contributed by atoms with Gasteiger partial charge in [-0.2, -0.15) is 0 Å². The molecule has 5 rings (SSSR count). The summed E-state index contributed by atoms with van der Waals surface area (Å²) in [5.74, 6) is 9.99. The average molecular weight is 447 g/mol. The monoisotopic (exact) mass is 447 g/mol. The van der Waals surface area contributed by atoms with Crippen LogP contribution in [0.4, 0.5) is 4.39 Å². The number of amides is 1. The molecule has 0 aliphatic heterocycles. The molecule has 0 radical (unpaired) electrons. The molecule has 9 heteroatoms. The van der Waals surface area contributed by atoms with Crippen molar-refractivity contribution in [1.82, 2.24) is 15.0 Å². The lowest BCUT2D eigenvalue weighted by Crippen LogP contribution is -2.30. The maximum absolute atomic E-state index is 15.0. The average Bonchev–Trinajstić information content (AvgIpc) is 3.56. The molecule has 6 N–H and O–H groups in total. The van der Waals surface area contributed by atoms with Gasteiger partial charge in [0.05, 0.1) is 17.7 Å². The molecule has 2 heterocycles. The standard InChI is InChI=1S/C24H22FN5O3/c25-19-9-15(13-4-5-13)8-14-6-7-30(24(32)22(14)19)21-3-1-2-17(18(21)12-33-27)16-10-20(28-11-16)23(31)29-26/h1-3,6-11,13,28H,4-5,12,26-27H2,(H,29,31). The van der Waals surface area contributed by atoms with Crippen molar-refractivity contribution in [3.8, 4) is 16.8 Å². The summed E-state index contributed by atoms with van der Waals surface area (Å²) >= 11 is 0. The van der Waals surface area contributed by atoms with E-state index < -0.39 is 17.3 Å². The van der Waals surface area contributed by atoms with E-state index in [0.29, 0.717) is 33.7 Å². The van der Waals surface area contributed by atoms with E-state index in [1.807, 2.05) is 12.1 Å². The van der Waals surface area contributed by atoms with Gasteiger partial charge in [-0.15, -0.1) is 0 Å². The normalized spacial score (nSPS) is 13.4. The quantitative estimate of drug-likeness (QED) is 0.205. The number of carbonyl (C=O) groups excluding carboxylic acids is 1. The third kappa shape index (κ3) is 3.72. The highest BCUT2D eigenvalue weighted by molar-refractivity contribution is 5.93.